The normalized spacial score (nSPS) is 11.1. The largest absolute Gasteiger partial charge is 0.493 e. The van der Waals surface area contributed by atoms with Gasteiger partial charge >= 0.3 is 0 Å². The number of aromatic nitrogens is 3. The zero-order valence-electron chi connectivity index (χ0n) is 14.8. The number of carbonyl (C=O) groups is 1. The molecule has 0 spiro atoms. The van der Waals surface area contributed by atoms with Gasteiger partial charge in [0.15, 0.2) is 5.65 Å². The molecule has 2 aromatic heterocycles. The molecule has 0 aliphatic rings. The van der Waals surface area contributed by atoms with Gasteiger partial charge in [0.05, 0.1) is 22.8 Å². The lowest BCUT2D eigenvalue weighted by atomic mass is 10.0. The summed E-state index contributed by atoms with van der Waals surface area (Å²) in [5.74, 6) is -0.398. The van der Waals surface area contributed by atoms with Crippen LogP contribution in [0.4, 0.5) is 0 Å². The Kier molecular flexibility index (Phi) is 5.84. The van der Waals surface area contributed by atoms with Crippen LogP contribution < -0.4 is 5.32 Å². The number of hydrogen-bond donors (Lipinski definition) is 2. The van der Waals surface area contributed by atoms with E-state index >= 15 is 0 Å². The lowest BCUT2D eigenvalue weighted by molar-refractivity contribution is 0.0938. The minimum atomic E-state index is -0.328. The maximum atomic E-state index is 12.3. The Morgan fingerprint density at radius 1 is 1.33 bits per heavy atom. The monoisotopic (exact) mass is 408 g/mol. The van der Waals surface area contributed by atoms with Crippen LogP contribution in [0.1, 0.15) is 27.2 Å². The Bertz CT molecular complexity index is 1000. The minimum Gasteiger partial charge on any atom is -0.493 e. The third-order valence-corrected chi connectivity index (χ3v) is 4.87. The third-order valence-electron chi connectivity index (χ3n) is 4.13. The molecule has 0 radical (unpaired) electrons. The second-order valence-electron chi connectivity index (χ2n) is 5.97. The van der Waals surface area contributed by atoms with E-state index in [1.54, 1.807) is 26.2 Å². The molecule has 1 aromatic carbocycles. The molecule has 142 valence electrons. The molecule has 0 unspecified atom stereocenters. The first-order valence-electron chi connectivity index (χ1n) is 8.19. The van der Waals surface area contributed by atoms with Crippen molar-refractivity contribution in [3.05, 3.63) is 56.8 Å². The zero-order valence-corrected chi connectivity index (χ0v) is 16.3. The van der Waals surface area contributed by atoms with Gasteiger partial charge in [-0.15, -0.1) is 0 Å². The number of aryl methyl sites for hydroxylation is 1. The second-order valence-corrected chi connectivity index (χ2v) is 6.78. The number of rotatable bonds is 6. The van der Waals surface area contributed by atoms with E-state index in [9.17, 15) is 9.90 Å². The molecule has 0 atom stereocenters. The Morgan fingerprint density at radius 2 is 2.11 bits per heavy atom. The molecular weight excluding hydrogens is 391 g/mol. The number of amides is 1. The molecule has 0 saturated carbocycles. The molecule has 2 N–H and O–H groups in total. The first-order chi connectivity index (χ1) is 12.9. The summed E-state index contributed by atoms with van der Waals surface area (Å²) in [7, 11) is 1.56. The number of aromatic hydroxyl groups is 1. The molecule has 0 aliphatic carbocycles. The number of hydrogen-bond acceptors (Lipinski definition) is 5. The fraction of sp³-hybridized carbons (Fsp3) is 0.278. The van der Waals surface area contributed by atoms with Crippen LogP contribution in [-0.2, 0) is 11.2 Å². The topological polar surface area (TPSA) is 88.8 Å². The molecule has 1 amide bonds. The molecule has 3 aromatic rings. The Labute approximate surface area is 165 Å². The molecule has 0 aliphatic heterocycles. The fourth-order valence-corrected chi connectivity index (χ4v) is 3.02. The highest BCUT2D eigenvalue weighted by atomic mass is 35.5. The lowest BCUT2D eigenvalue weighted by Crippen LogP contribution is -2.27. The summed E-state index contributed by atoms with van der Waals surface area (Å²) in [6.45, 7) is 2.54. The van der Waals surface area contributed by atoms with E-state index < -0.39 is 0 Å². The summed E-state index contributed by atoms with van der Waals surface area (Å²) < 4.78 is 6.17. The van der Waals surface area contributed by atoms with Gasteiger partial charge in [-0.25, -0.2) is 4.98 Å². The van der Waals surface area contributed by atoms with Gasteiger partial charge in [0, 0.05) is 31.3 Å². The third kappa shape index (κ3) is 4.00. The van der Waals surface area contributed by atoms with Crippen molar-refractivity contribution in [3.63, 3.8) is 0 Å². The number of ether oxygens (including phenoxy) is 1. The van der Waals surface area contributed by atoms with Crippen LogP contribution in [0.15, 0.2) is 24.4 Å². The van der Waals surface area contributed by atoms with Gasteiger partial charge < -0.3 is 15.2 Å². The number of halogens is 2. The summed E-state index contributed by atoms with van der Waals surface area (Å²) in [5, 5.41) is 18.4. The van der Waals surface area contributed by atoms with Crippen molar-refractivity contribution < 1.29 is 14.6 Å². The van der Waals surface area contributed by atoms with E-state index in [0.29, 0.717) is 40.9 Å². The number of nitrogens with zero attached hydrogens (tertiary/aromatic N) is 3. The van der Waals surface area contributed by atoms with E-state index in [4.69, 9.17) is 27.9 Å². The van der Waals surface area contributed by atoms with Crippen molar-refractivity contribution in [2.24, 2.45) is 0 Å². The SMILES string of the molecule is COCCNC(=O)c1cnn2c(O)c(Cc3ccc(Cl)c(Cl)c3)c(C)nc12. The van der Waals surface area contributed by atoms with Gasteiger partial charge in [-0.1, -0.05) is 29.3 Å². The van der Waals surface area contributed by atoms with Crippen LogP contribution in [0.3, 0.4) is 0 Å². The molecule has 0 bridgehead atoms. The van der Waals surface area contributed by atoms with Crippen molar-refractivity contribution >= 4 is 34.8 Å². The average molecular weight is 409 g/mol. The Hall–Kier alpha value is -2.35. The van der Waals surface area contributed by atoms with Crippen molar-refractivity contribution in [1.29, 1.82) is 0 Å². The van der Waals surface area contributed by atoms with E-state index in [1.807, 2.05) is 6.07 Å². The van der Waals surface area contributed by atoms with Gasteiger partial charge in [-0.2, -0.15) is 9.61 Å². The molecule has 3 rings (SSSR count). The maximum Gasteiger partial charge on any atom is 0.256 e. The smallest absolute Gasteiger partial charge is 0.256 e. The summed E-state index contributed by atoms with van der Waals surface area (Å²) in [5.41, 5.74) is 2.63. The molecule has 9 heteroatoms. The van der Waals surface area contributed by atoms with Crippen LogP contribution in [0, 0.1) is 6.92 Å². The van der Waals surface area contributed by atoms with Crippen molar-refractivity contribution in [2.45, 2.75) is 13.3 Å². The first kappa shape index (κ1) is 19.4. The van der Waals surface area contributed by atoms with Crippen LogP contribution in [0.5, 0.6) is 5.88 Å². The highest BCUT2D eigenvalue weighted by Crippen LogP contribution is 2.28. The Balaban J connectivity index is 1.95. The summed E-state index contributed by atoms with van der Waals surface area (Å²) in [6, 6.07) is 5.27. The van der Waals surface area contributed by atoms with E-state index in [1.165, 1.54) is 10.7 Å². The number of fused-ring (bicyclic) bond motifs is 1. The summed E-state index contributed by atoms with van der Waals surface area (Å²) >= 11 is 12.0. The number of methoxy groups -OCH3 is 1. The van der Waals surface area contributed by atoms with Gasteiger partial charge in [0.2, 0.25) is 5.88 Å². The van der Waals surface area contributed by atoms with Gasteiger partial charge in [0.25, 0.3) is 5.91 Å². The minimum absolute atomic E-state index is 0.0699. The first-order valence-corrected chi connectivity index (χ1v) is 8.95. The summed E-state index contributed by atoms with van der Waals surface area (Å²) in [6.07, 6.45) is 1.78. The number of benzene rings is 1. The van der Waals surface area contributed by atoms with Crippen molar-refractivity contribution in [1.82, 2.24) is 19.9 Å². The lowest BCUT2D eigenvalue weighted by Gasteiger charge is -2.11. The summed E-state index contributed by atoms with van der Waals surface area (Å²) in [4.78, 5) is 16.8. The van der Waals surface area contributed by atoms with Crippen LogP contribution in [0.2, 0.25) is 10.0 Å². The quantitative estimate of drug-likeness (QED) is 0.611. The van der Waals surface area contributed by atoms with Gasteiger partial charge in [-0.3, -0.25) is 4.79 Å². The maximum absolute atomic E-state index is 12.3. The van der Waals surface area contributed by atoms with E-state index in [-0.39, 0.29) is 23.0 Å². The predicted molar refractivity (Wildman–Crippen MR) is 103 cm³/mol. The van der Waals surface area contributed by atoms with Crippen molar-refractivity contribution in [3.8, 4) is 5.88 Å². The zero-order chi connectivity index (χ0) is 19.6. The number of carbonyl (C=O) groups excluding carboxylic acids is 1. The van der Waals surface area contributed by atoms with Crippen LogP contribution in [-0.4, -0.2) is 45.9 Å². The highest BCUT2D eigenvalue weighted by molar-refractivity contribution is 6.42. The van der Waals surface area contributed by atoms with E-state index in [0.717, 1.165) is 5.56 Å². The molecule has 27 heavy (non-hydrogen) atoms. The van der Waals surface area contributed by atoms with Crippen LogP contribution in [0.25, 0.3) is 5.65 Å². The molecule has 0 fully saturated rings. The standard InChI is InChI=1S/C18H18Cl2N4O3/c1-10-12(7-11-3-4-14(19)15(20)8-11)18(26)24-16(23-10)13(9-22-24)17(25)21-5-6-27-2/h3-4,8-9,26H,5-7H2,1-2H3,(H,21,25). The van der Waals surface area contributed by atoms with Crippen LogP contribution >= 0.6 is 23.2 Å². The molecular formula is C18H18Cl2N4O3. The number of nitrogens with one attached hydrogen (secondary N) is 1. The van der Waals surface area contributed by atoms with Crippen molar-refractivity contribution in [2.75, 3.05) is 20.3 Å². The molecule has 7 nitrogen and oxygen atoms in total. The average Bonchev–Trinajstić information content (AvgIpc) is 3.05. The van der Waals surface area contributed by atoms with E-state index in [2.05, 4.69) is 15.4 Å². The fourth-order valence-electron chi connectivity index (χ4n) is 2.70. The highest BCUT2D eigenvalue weighted by Gasteiger charge is 2.20. The second kappa shape index (κ2) is 8.12. The van der Waals surface area contributed by atoms with Gasteiger partial charge in [0.1, 0.15) is 5.56 Å². The Morgan fingerprint density at radius 3 is 2.81 bits per heavy atom. The predicted octanol–water partition coefficient (Wildman–Crippen LogP) is 3.02. The molecule has 2 heterocycles. The molecule has 0 saturated heterocycles. The van der Waals surface area contributed by atoms with Gasteiger partial charge in [-0.05, 0) is 24.6 Å².